The van der Waals surface area contributed by atoms with E-state index in [4.69, 9.17) is 9.47 Å². The summed E-state index contributed by atoms with van der Waals surface area (Å²) in [6.45, 7) is 6.76. The Hall–Kier alpha value is -1.93. The van der Waals surface area contributed by atoms with Crippen molar-refractivity contribution in [1.82, 2.24) is 5.32 Å². The number of ether oxygens (including phenoxy) is 2. The minimum Gasteiger partial charge on any atom is -0.493 e. The highest BCUT2D eigenvalue weighted by atomic mass is 127. The van der Waals surface area contributed by atoms with Crippen LogP contribution in [0.5, 0.6) is 5.75 Å². The van der Waals surface area contributed by atoms with Crippen LogP contribution in [-0.4, -0.2) is 31.1 Å². The maximum atomic E-state index is 12.6. The average molecular weight is 507 g/mol. The molecule has 1 heterocycles. The van der Waals surface area contributed by atoms with Crippen molar-refractivity contribution < 1.29 is 19.1 Å². The molecule has 1 N–H and O–H groups in total. The van der Waals surface area contributed by atoms with Crippen LogP contribution in [0.25, 0.3) is 0 Å². The molecule has 0 spiro atoms. The average Bonchev–Trinajstić information content (AvgIpc) is 3.13. The van der Waals surface area contributed by atoms with E-state index in [0.717, 1.165) is 16.5 Å². The monoisotopic (exact) mass is 507 g/mol. The molecule has 1 unspecified atom stereocenters. The summed E-state index contributed by atoms with van der Waals surface area (Å²) in [6, 6.07) is 14.7. The number of benzene rings is 2. The molecule has 0 radical (unpaired) electrons. The molecular formula is C23H26INO4. The third-order valence-corrected chi connectivity index (χ3v) is 5.54. The minimum atomic E-state index is -0.533. The van der Waals surface area contributed by atoms with Crippen LogP contribution in [0.15, 0.2) is 48.5 Å². The number of hydrogen-bond acceptors (Lipinski definition) is 5. The maximum Gasteiger partial charge on any atom is 0.312 e. The van der Waals surface area contributed by atoms with Crippen molar-refractivity contribution in [2.45, 2.75) is 33.4 Å². The minimum absolute atomic E-state index is 0.0119. The quantitative estimate of drug-likeness (QED) is 0.356. The Bertz CT molecular complexity index is 856. The predicted molar refractivity (Wildman–Crippen MR) is 120 cm³/mol. The fourth-order valence-electron chi connectivity index (χ4n) is 3.00. The van der Waals surface area contributed by atoms with Gasteiger partial charge in [-0.05, 0) is 105 Å². The van der Waals surface area contributed by atoms with Gasteiger partial charge in [0.05, 0.1) is 12.0 Å². The molecule has 0 bridgehead atoms. The molecule has 3 rings (SSSR count). The number of carbonyl (C=O) groups is 2. The summed E-state index contributed by atoms with van der Waals surface area (Å²) in [7, 11) is 0. The van der Waals surface area contributed by atoms with E-state index < -0.39 is 5.41 Å². The number of rotatable bonds is 6. The Kier molecular flexibility index (Phi) is 6.95. The standard InChI is InChI=1S/C23H26INO4/c1-23(2,3)22(27)29-21-17(12-13-25-21)14-28-19-10-6-16(7-11-19)20(26)15-4-8-18(24)9-5-15/h4-11,17,21,25H,12-14H2,1-3H3/t17-,21?/m1/s1. The van der Waals surface area contributed by atoms with Crippen LogP contribution in [0.3, 0.4) is 0 Å². The van der Waals surface area contributed by atoms with E-state index in [1.165, 1.54) is 0 Å². The van der Waals surface area contributed by atoms with Gasteiger partial charge in [-0.1, -0.05) is 0 Å². The van der Waals surface area contributed by atoms with Gasteiger partial charge in [0.15, 0.2) is 12.0 Å². The van der Waals surface area contributed by atoms with Gasteiger partial charge in [-0.25, -0.2) is 0 Å². The molecule has 1 saturated heterocycles. The maximum absolute atomic E-state index is 12.6. The predicted octanol–water partition coefficient (Wildman–Crippen LogP) is 4.43. The highest BCUT2D eigenvalue weighted by Crippen LogP contribution is 2.24. The first kappa shape index (κ1) is 21.8. The molecule has 0 aliphatic carbocycles. The van der Waals surface area contributed by atoms with Crippen LogP contribution in [0.1, 0.15) is 43.1 Å². The Morgan fingerprint density at radius 2 is 1.62 bits per heavy atom. The van der Waals surface area contributed by atoms with E-state index in [2.05, 4.69) is 27.9 Å². The summed E-state index contributed by atoms with van der Waals surface area (Å²) in [4.78, 5) is 24.7. The van der Waals surface area contributed by atoms with Gasteiger partial charge in [-0.15, -0.1) is 0 Å². The zero-order valence-corrected chi connectivity index (χ0v) is 19.1. The summed E-state index contributed by atoms with van der Waals surface area (Å²) in [5.74, 6) is 0.550. The first-order valence-corrected chi connectivity index (χ1v) is 10.8. The Labute approximate surface area is 185 Å². The molecule has 2 aromatic rings. The number of nitrogens with one attached hydrogen (secondary N) is 1. The SMILES string of the molecule is CC(C)(C)C(=O)OC1NCC[C@@H]1COc1ccc(C(=O)c2ccc(I)cc2)cc1. The number of halogens is 1. The second kappa shape index (κ2) is 9.26. The van der Waals surface area contributed by atoms with Gasteiger partial charge >= 0.3 is 5.97 Å². The first-order chi connectivity index (χ1) is 13.7. The van der Waals surface area contributed by atoms with Crippen molar-refractivity contribution >= 4 is 34.3 Å². The van der Waals surface area contributed by atoms with Crippen molar-refractivity contribution in [3.63, 3.8) is 0 Å². The smallest absolute Gasteiger partial charge is 0.312 e. The summed E-state index contributed by atoms with van der Waals surface area (Å²) in [5.41, 5.74) is 0.757. The summed E-state index contributed by atoms with van der Waals surface area (Å²) in [5, 5.41) is 3.22. The van der Waals surface area contributed by atoms with Gasteiger partial charge in [0.25, 0.3) is 0 Å². The molecule has 29 heavy (non-hydrogen) atoms. The highest BCUT2D eigenvalue weighted by molar-refractivity contribution is 14.1. The fraction of sp³-hybridized carbons (Fsp3) is 0.391. The van der Waals surface area contributed by atoms with E-state index in [9.17, 15) is 9.59 Å². The molecule has 1 fully saturated rings. The number of esters is 1. The third-order valence-electron chi connectivity index (χ3n) is 4.82. The van der Waals surface area contributed by atoms with E-state index in [-0.39, 0.29) is 23.9 Å². The molecule has 0 aromatic heterocycles. The number of ketones is 1. The first-order valence-electron chi connectivity index (χ1n) is 9.71. The second-order valence-electron chi connectivity index (χ2n) is 8.25. The lowest BCUT2D eigenvalue weighted by Gasteiger charge is -2.24. The van der Waals surface area contributed by atoms with E-state index >= 15 is 0 Å². The molecule has 1 aliphatic rings. The lowest BCUT2D eigenvalue weighted by Crippen LogP contribution is -2.38. The highest BCUT2D eigenvalue weighted by Gasteiger charge is 2.34. The van der Waals surface area contributed by atoms with Crippen molar-refractivity contribution in [2.24, 2.45) is 11.3 Å². The zero-order valence-electron chi connectivity index (χ0n) is 16.9. The van der Waals surface area contributed by atoms with Gasteiger partial charge in [0.1, 0.15) is 5.75 Å². The van der Waals surface area contributed by atoms with Gasteiger partial charge in [0.2, 0.25) is 0 Å². The molecule has 2 aromatic carbocycles. The van der Waals surface area contributed by atoms with Crippen molar-refractivity contribution in [3.05, 3.63) is 63.2 Å². The Morgan fingerprint density at radius 1 is 1.03 bits per heavy atom. The Morgan fingerprint density at radius 3 is 2.21 bits per heavy atom. The van der Waals surface area contributed by atoms with Crippen LogP contribution in [0.4, 0.5) is 0 Å². The molecule has 0 amide bonds. The molecule has 5 nitrogen and oxygen atoms in total. The number of hydrogen-bond donors (Lipinski definition) is 1. The largest absolute Gasteiger partial charge is 0.493 e. The summed E-state index contributed by atoms with van der Waals surface area (Å²) in [6.07, 6.45) is 0.550. The molecule has 154 valence electrons. The molecule has 2 atom stereocenters. The lowest BCUT2D eigenvalue weighted by atomic mass is 9.97. The van der Waals surface area contributed by atoms with Crippen LogP contribution >= 0.6 is 22.6 Å². The fourth-order valence-corrected chi connectivity index (χ4v) is 3.36. The molecule has 6 heteroatoms. The van der Waals surface area contributed by atoms with Crippen molar-refractivity contribution in [2.75, 3.05) is 13.2 Å². The normalized spacial score (nSPS) is 19.0. The molecule has 1 aliphatic heterocycles. The van der Waals surface area contributed by atoms with Gasteiger partial charge in [0, 0.05) is 20.6 Å². The van der Waals surface area contributed by atoms with Crippen molar-refractivity contribution in [1.29, 1.82) is 0 Å². The van der Waals surface area contributed by atoms with Crippen LogP contribution in [-0.2, 0) is 9.53 Å². The topological polar surface area (TPSA) is 64.6 Å². The van der Waals surface area contributed by atoms with Gasteiger partial charge in [-0.3, -0.25) is 14.9 Å². The van der Waals surface area contributed by atoms with Gasteiger partial charge in [-0.2, -0.15) is 0 Å². The molecule has 0 saturated carbocycles. The zero-order chi connectivity index (χ0) is 21.0. The van der Waals surface area contributed by atoms with Crippen LogP contribution in [0, 0.1) is 14.9 Å². The molecular weight excluding hydrogens is 481 g/mol. The Balaban J connectivity index is 1.56. The number of carbonyl (C=O) groups excluding carboxylic acids is 2. The van der Waals surface area contributed by atoms with E-state index in [1.54, 1.807) is 24.3 Å². The van der Waals surface area contributed by atoms with Gasteiger partial charge < -0.3 is 9.47 Å². The summed E-state index contributed by atoms with van der Waals surface area (Å²) >= 11 is 2.22. The second-order valence-corrected chi connectivity index (χ2v) is 9.50. The lowest BCUT2D eigenvalue weighted by molar-refractivity contribution is -0.162. The van der Waals surface area contributed by atoms with Crippen LogP contribution < -0.4 is 10.1 Å². The summed E-state index contributed by atoms with van der Waals surface area (Å²) < 4.78 is 12.6. The van der Waals surface area contributed by atoms with E-state index in [0.29, 0.717) is 23.5 Å². The van der Waals surface area contributed by atoms with Crippen LogP contribution in [0.2, 0.25) is 0 Å². The van der Waals surface area contributed by atoms with Crippen molar-refractivity contribution in [3.8, 4) is 5.75 Å². The van der Waals surface area contributed by atoms with E-state index in [1.807, 2.05) is 45.0 Å². The third kappa shape index (κ3) is 5.79.